The first kappa shape index (κ1) is 13.5. The average Bonchev–Trinajstić information content (AvgIpc) is 2.09. The Hall–Kier alpha value is -0.610. The molecule has 0 radical (unpaired) electrons. The van der Waals surface area contributed by atoms with Crippen molar-refractivity contribution in [2.75, 3.05) is 20.1 Å². The van der Waals surface area contributed by atoms with Crippen LogP contribution in [-0.2, 0) is 4.79 Å². The molecule has 0 bridgehead atoms. The number of hydrogen-bond donors (Lipinski definition) is 2. The van der Waals surface area contributed by atoms with Gasteiger partial charge in [0, 0.05) is 24.2 Å². The van der Waals surface area contributed by atoms with Crippen molar-refractivity contribution in [1.29, 1.82) is 0 Å². The normalized spacial score (nSPS) is 26.6. The second kappa shape index (κ2) is 4.34. The van der Waals surface area contributed by atoms with Crippen molar-refractivity contribution >= 4 is 5.91 Å². The van der Waals surface area contributed by atoms with E-state index in [1.54, 1.807) is 0 Å². The largest absolute Gasteiger partial charge is 0.353 e. The van der Waals surface area contributed by atoms with Crippen LogP contribution in [0.5, 0.6) is 0 Å². The van der Waals surface area contributed by atoms with Crippen LogP contribution in [-0.4, -0.2) is 48.1 Å². The van der Waals surface area contributed by atoms with E-state index in [1.165, 1.54) is 0 Å². The van der Waals surface area contributed by atoms with Crippen molar-refractivity contribution in [3.05, 3.63) is 0 Å². The standard InChI is InChI=1S/C12H25N3O/c1-11(2,3)15-9(7-13-6)10(16)14-8-12(15,4)5/h9,13H,7-8H2,1-6H3,(H,14,16). The Morgan fingerprint density at radius 3 is 2.50 bits per heavy atom. The zero-order valence-electron chi connectivity index (χ0n) is 11.3. The van der Waals surface area contributed by atoms with Crippen LogP contribution in [0.1, 0.15) is 34.6 Å². The quantitative estimate of drug-likeness (QED) is 0.725. The molecule has 1 aliphatic rings. The van der Waals surface area contributed by atoms with Crippen molar-refractivity contribution in [2.24, 2.45) is 0 Å². The van der Waals surface area contributed by atoms with Crippen LogP contribution in [0.3, 0.4) is 0 Å². The fourth-order valence-corrected chi connectivity index (χ4v) is 2.80. The van der Waals surface area contributed by atoms with Crippen LogP contribution < -0.4 is 10.6 Å². The number of piperazine rings is 1. The van der Waals surface area contributed by atoms with Gasteiger partial charge in [0.15, 0.2) is 0 Å². The minimum atomic E-state index is -0.0891. The highest BCUT2D eigenvalue weighted by Crippen LogP contribution is 2.30. The van der Waals surface area contributed by atoms with Crippen molar-refractivity contribution in [2.45, 2.75) is 51.7 Å². The maximum absolute atomic E-state index is 11.9. The van der Waals surface area contributed by atoms with Gasteiger partial charge in [0.25, 0.3) is 0 Å². The maximum atomic E-state index is 11.9. The molecule has 1 unspecified atom stereocenters. The summed E-state index contributed by atoms with van der Waals surface area (Å²) in [4.78, 5) is 14.3. The van der Waals surface area contributed by atoms with Gasteiger partial charge in [-0.2, -0.15) is 0 Å². The molecule has 1 atom stereocenters. The second-order valence-corrected chi connectivity index (χ2v) is 6.14. The molecule has 0 aromatic carbocycles. The number of rotatable bonds is 2. The molecule has 1 fully saturated rings. The highest BCUT2D eigenvalue weighted by atomic mass is 16.2. The Kier molecular flexibility index (Phi) is 3.65. The van der Waals surface area contributed by atoms with Crippen LogP contribution in [0, 0.1) is 0 Å². The minimum absolute atomic E-state index is 0.00627. The molecule has 0 saturated carbocycles. The Balaban J connectivity index is 3.03. The van der Waals surface area contributed by atoms with Gasteiger partial charge in [-0.15, -0.1) is 0 Å². The maximum Gasteiger partial charge on any atom is 0.238 e. The lowest BCUT2D eigenvalue weighted by atomic mass is 9.88. The number of carbonyl (C=O) groups is 1. The molecule has 1 saturated heterocycles. The van der Waals surface area contributed by atoms with Crippen LogP contribution in [0.25, 0.3) is 0 Å². The Bertz CT molecular complexity index is 268. The average molecular weight is 227 g/mol. The molecule has 1 aliphatic heterocycles. The van der Waals surface area contributed by atoms with Crippen LogP contribution in [0.4, 0.5) is 0 Å². The first-order chi connectivity index (χ1) is 7.20. The van der Waals surface area contributed by atoms with Gasteiger partial charge in [0.05, 0.1) is 0 Å². The summed E-state index contributed by atoms with van der Waals surface area (Å²) >= 11 is 0. The van der Waals surface area contributed by atoms with E-state index in [0.29, 0.717) is 13.1 Å². The monoisotopic (exact) mass is 227 g/mol. The molecule has 2 N–H and O–H groups in total. The Labute approximate surface area is 98.8 Å². The molecule has 4 nitrogen and oxygen atoms in total. The number of carbonyl (C=O) groups excluding carboxylic acids is 1. The smallest absolute Gasteiger partial charge is 0.238 e. The van der Waals surface area contributed by atoms with Crippen molar-refractivity contribution in [1.82, 2.24) is 15.5 Å². The third-order valence-corrected chi connectivity index (χ3v) is 3.08. The zero-order chi connectivity index (χ0) is 12.6. The molecular formula is C12H25N3O. The summed E-state index contributed by atoms with van der Waals surface area (Å²) in [5.41, 5.74) is -0.0174. The molecule has 1 amide bonds. The van der Waals surface area contributed by atoms with Gasteiger partial charge in [0.2, 0.25) is 5.91 Å². The molecule has 0 aromatic rings. The topological polar surface area (TPSA) is 44.4 Å². The van der Waals surface area contributed by atoms with Gasteiger partial charge < -0.3 is 10.6 Å². The second-order valence-electron chi connectivity index (χ2n) is 6.14. The summed E-state index contributed by atoms with van der Waals surface area (Å²) in [5, 5.41) is 6.09. The number of nitrogens with zero attached hydrogens (tertiary/aromatic N) is 1. The van der Waals surface area contributed by atoms with E-state index < -0.39 is 0 Å². The van der Waals surface area contributed by atoms with Crippen molar-refractivity contribution in [3.63, 3.8) is 0 Å². The summed E-state index contributed by atoms with van der Waals surface area (Å²) < 4.78 is 0. The SMILES string of the molecule is CNCC1C(=O)NCC(C)(C)N1C(C)(C)C. The molecule has 16 heavy (non-hydrogen) atoms. The van der Waals surface area contributed by atoms with E-state index in [2.05, 4.69) is 50.2 Å². The van der Waals surface area contributed by atoms with Gasteiger partial charge in [-0.1, -0.05) is 0 Å². The molecule has 94 valence electrons. The highest BCUT2D eigenvalue weighted by molar-refractivity contribution is 5.83. The third-order valence-electron chi connectivity index (χ3n) is 3.08. The van der Waals surface area contributed by atoms with Gasteiger partial charge in [0.1, 0.15) is 6.04 Å². The predicted octanol–water partition coefficient (Wildman–Crippen LogP) is 0.583. The van der Waals surface area contributed by atoms with E-state index in [9.17, 15) is 4.79 Å². The zero-order valence-corrected chi connectivity index (χ0v) is 11.3. The lowest BCUT2D eigenvalue weighted by molar-refractivity contribution is -0.140. The van der Waals surface area contributed by atoms with Gasteiger partial charge in [-0.3, -0.25) is 9.69 Å². The number of nitrogens with one attached hydrogen (secondary N) is 2. The number of hydrogen-bond acceptors (Lipinski definition) is 3. The molecule has 0 aromatic heterocycles. The van der Waals surface area contributed by atoms with Crippen molar-refractivity contribution < 1.29 is 4.79 Å². The van der Waals surface area contributed by atoms with E-state index in [-0.39, 0.29) is 23.0 Å². The van der Waals surface area contributed by atoms with Gasteiger partial charge in [-0.25, -0.2) is 0 Å². The van der Waals surface area contributed by atoms with Crippen molar-refractivity contribution in [3.8, 4) is 0 Å². The minimum Gasteiger partial charge on any atom is -0.353 e. The van der Waals surface area contributed by atoms with Gasteiger partial charge >= 0.3 is 0 Å². The summed E-state index contributed by atoms with van der Waals surface area (Å²) in [6.07, 6.45) is 0. The Morgan fingerprint density at radius 2 is 2.06 bits per heavy atom. The lowest BCUT2D eigenvalue weighted by Gasteiger charge is -2.53. The molecule has 1 heterocycles. The van der Waals surface area contributed by atoms with Crippen LogP contribution in [0.15, 0.2) is 0 Å². The van der Waals surface area contributed by atoms with Crippen LogP contribution >= 0.6 is 0 Å². The summed E-state index contributed by atoms with van der Waals surface area (Å²) in [6, 6.07) is -0.0891. The fourth-order valence-electron chi connectivity index (χ4n) is 2.80. The highest BCUT2D eigenvalue weighted by Gasteiger charge is 2.45. The molecule has 4 heteroatoms. The van der Waals surface area contributed by atoms with E-state index in [1.807, 2.05) is 7.05 Å². The molecule has 1 rings (SSSR count). The molecular weight excluding hydrogens is 202 g/mol. The fraction of sp³-hybridized carbons (Fsp3) is 0.917. The van der Waals surface area contributed by atoms with E-state index >= 15 is 0 Å². The van der Waals surface area contributed by atoms with Gasteiger partial charge in [-0.05, 0) is 41.7 Å². The molecule has 0 aliphatic carbocycles. The van der Waals surface area contributed by atoms with Crippen LogP contribution in [0.2, 0.25) is 0 Å². The Morgan fingerprint density at radius 1 is 1.50 bits per heavy atom. The van der Waals surface area contributed by atoms with E-state index in [0.717, 1.165) is 0 Å². The summed E-state index contributed by atoms with van der Waals surface area (Å²) in [6.45, 7) is 12.2. The number of likely N-dealkylation sites (N-methyl/N-ethyl adjacent to an activating group) is 1. The van der Waals surface area contributed by atoms with E-state index in [4.69, 9.17) is 0 Å². The predicted molar refractivity (Wildman–Crippen MR) is 66.4 cm³/mol. The summed E-state index contributed by atoms with van der Waals surface area (Å²) in [5.74, 6) is 0.128. The number of amides is 1. The lowest BCUT2D eigenvalue weighted by Crippen LogP contribution is -2.71. The first-order valence-electron chi connectivity index (χ1n) is 5.92. The third kappa shape index (κ3) is 2.55. The summed E-state index contributed by atoms with van der Waals surface area (Å²) in [7, 11) is 1.88. The first-order valence-corrected chi connectivity index (χ1v) is 5.92. The molecule has 0 spiro atoms.